The molecule has 1 aliphatic carbocycles. The van der Waals surface area contributed by atoms with Gasteiger partial charge in [-0.3, -0.25) is 4.98 Å². The van der Waals surface area contributed by atoms with Crippen LogP contribution in [0.5, 0.6) is 0 Å². The van der Waals surface area contributed by atoms with Crippen LogP contribution < -0.4 is 5.32 Å². The summed E-state index contributed by atoms with van der Waals surface area (Å²) in [6.07, 6.45) is 7.59. The molecule has 3 unspecified atom stereocenters. The Balaban J connectivity index is 2.05. The molecule has 1 aromatic heterocycles. The smallest absolute Gasteiger partial charge is 0.151 e. The van der Waals surface area contributed by atoms with Gasteiger partial charge in [0.15, 0.2) is 9.84 Å². The number of aromatic nitrogens is 1. The molecule has 1 aromatic rings. The Bertz CT molecular complexity index is 487. The van der Waals surface area contributed by atoms with Crippen LogP contribution in [-0.4, -0.2) is 30.9 Å². The van der Waals surface area contributed by atoms with E-state index in [1.54, 1.807) is 6.20 Å². The molecular formula is C13H20N2O2S. The maximum atomic E-state index is 11.7. The van der Waals surface area contributed by atoms with Crippen molar-refractivity contribution >= 4 is 9.84 Å². The zero-order valence-corrected chi connectivity index (χ0v) is 11.7. The summed E-state index contributed by atoms with van der Waals surface area (Å²) in [6, 6.07) is 4.10. The topological polar surface area (TPSA) is 59.1 Å². The van der Waals surface area contributed by atoms with Crippen molar-refractivity contribution in [2.75, 3.05) is 6.26 Å². The molecule has 18 heavy (non-hydrogen) atoms. The molecule has 4 nitrogen and oxygen atoms in total. The first-order valence-corrected chi connectivity index (χ1v) is 8.29. The zero-order valence-electron chi connectivity index (χ0n) is 10.8. The molecule has 1 aliphatic rings. The Morgan fingerprint density at radius 3 is 2.83 bits per heavy atom. The van der Waals surface area contributed by atoms with E-state index in [1.807, 2.05) is 18.3 Å². The molecule has 0 aliphatic heterocycles. The van der Waals surface area contributed by atoms with Crippen LogP contribution >= 0.6 is 0 Å². The monoisotopic (exact) mass is 268 g/mol. The van der Waals surface area contributed by atoms with Gasteiger partial charge in [-0.2, -0.15) is 0 Å². The maximum Gasteiger partial charge on any atom is 0.151 e. The fourth-order valence-electron chi connectivity index (χ4n) is 2.68. The molecule has 1 saturated carbocycles. The minimum absolute atomic E-state index is 0.0650. The van der Waals surface area contributed by atoms with E-state index < -0.39 is 9.84 Å². The van der Waals surface area contributed by atoms with Crippen molar-refractivity contribution in [3.63, 3.8) is 0 Å². The van der Waals surface area contributed by atoms with Crippen molar-refractivity contribution in [3.05, 3.63) is 30.1 Å². The van der Waals surface area contributed by atoms with Gasteiger partial charge in [0.05, 0.1) is 5.25 Å². The van der Waals surface area contributed by atoms with E-state index in [4.69, 9.17) is 0 Å². The van der Waals surface area contributed by atoms with E-state index >= 15 is 0 Å². The molecule has 0 amide bonds. The summed E-state index contributed by atoms with van der Waals surface area (Å²) in [7, 11) is -2.96. The van der Waals surface area contributed by atoms with Crippen molar-refractivity contribution in [2.24, 2.45) is 0 Å². The SMILES string of the molecule is CC(NC1CCCC1S(C)(=O)=O)c1cccnc1. The molecule has 2 rings (SSSR count). The number of sulfone groups is 1. The first-order chi connectivity index (χ1) is 8.48. The van der Waals surface area contributed by atoms with Crippen molar-refractivity contribution in [1.29, 1.82) is 0 Å². The van der Waals surface area contributed by atoms with E-state index in [0.717, 1.165) is 24.8 Å². The lowest BCUT2D eigenvalue weighted by atomic mass is 10.1. The van der Waals surface area contributed by atoms with Crippen LogP contribution in [0.2, 0.25) is 0 Å². The highest BCUT2D eigenvalue weighted by Crippen LogP contribution is 2.27. The normalized spacial score (nSPS) is 26.1. The predicted molar refractivity (Wildman–Crippen MR) is 72.1 cm³/mol. The summed E-state index contributed by atoms with van der Waals surface area (Å²) in [5.74, 6) is 0. The fraction of sp³-hybridized carbons (Fsp3) is 0.615. The van der Waals surface area contributed by atoms with Gasteiger partial charge in [-0.25, -0.2) is 8.42 Å². The highest BCUT2D eigenvalue weighted by atomic mass is 32.2. The number of nitrogens with zero attached hydrogens (tertiary/aromatic N) is 1. The van der Waals surface area contributed by atoms with Crippen molar-refractivity contribution in [1.82, 2.24) is 10.3 Å². The third-order valence-corrected chi connectivity index (χ3v) is 5.32. The second-order valence-corrected chi connectivity index (χ2v) is 7.34. The summed E-state index contributed by atoms with van der Waals surface area (Å²) < 4.78 is 23.4. The average molecular weight is 268 g/mol. The van der Waals surface area contributed by atoms with Gasteiger partial charge in [0.25, 0.3) is 0 Å². The van der Waals surface area contributed by atoms with Crippen molar-refractivity contribution < 1.29 is 8.42 Å². The first-order valence-electron chi connectivity index (χ1n) is 6.33. The van der Waals surface area contributed by atoms with Gasteiger partial charge in [0.1, 0.15) is 0 Å². The Labute approximate surface area is 109 Å². The number of nitrogens with one attached hydrogen (secondary N) is 1. The van der Waals surface area contributed by atoms with Gasteiger partial charge in [-0.05, 0) is 31.4 Å². The number of rotatable bonds is 4. The number of hydrogen-bond donors (Lipinski definition) is 1. The van der Waals surface area contributed by atoms with E-state index in [0.29, 0.717) is 0 Å². The maximum absolute atomic E-state index is 11.7. The average Bonchev–Trinajstić information content (AvgIpc) is 2.78. The molecule has 3 atom stereocenters. The summed E-state index contributed by atoms with van der Waals surface area (Å²) in [4.78, 5) is 4.09. The molecule has 100 valence electrons. The molecule has 0 radical (unpaired) electrons. The van der Waals surface area contributed by atoms with Gasteiger partial charge in [-0.15, -0.1) is 0 Å². The third-order valence-electron chi connectivity index (χ3n) is 3.65. The zero-order chi connectivity index (χ0) is 13.2. The van der Waals surface area contributed by atoms with E-state index in [9.17, 15) is 8.42 Å². The van der Waals surface area contributed by atoms with Crippen LogP contribution in [0.15, 0.2) is 24.5 Å². The Morgan fingerprint density at radius 2 is 2.22 bits per heavy atom. The molecule has 0 aromatic carbocycles. The van der Waals surface area contributed by atoms with Gasteiger partial charge in [0, 0.05) is 30.7 Å². The molecule has 0 saturated heterocycles. The molecule has 1 heterocycles. The Kier molecular flexibility index (Phi) is 4.02. The molecule has 0 spiro atoms. The third kappa shape index (κ3) is 3.09. The fourth-order valence-corrected chi connectivity index (χ4v) is 4.08. The Hall–Kier alpha value is -0.940. The number of pyridine rings is 1. The predicted octanol–water partition coefficient (Wildman–Crippen LogP) is 1.70. The highest BCUT2D eigenvalue weighted by Gasteiger charge is 2.35. The lowest BCUT2D eigenvalue weighted by molar-refractivity contribution is 0.455. The number of hydrogen-bond acceptors (Lipinski definition) is 4. The largest absolute Gasteiger partial charge is 0.306 e. The molecule has 0 bridgehead atoms. The van der Waals surface area contributed by atoms with E-state index in [2.05, 4.69) is 17.2 Å². The second kappa shape index (κ2) is 5.36. The summed E-state index contributed by atoms with van der Waals surface area (Å²) in [5.41, 5.74) is 1.09. The highest BCUT2D eigenvalue weighted by molar-refractivity contribution is 7.91. The molecule has 1 N–H and O–H groups in total. The summed E-state index contributed by atoms with van der Waals surface area (Å²) in [5, 5.41) is 3.19. The quantitative estimate of drug-likeness (QED) is 0.903. The lowest BCUT2D eigenvalue weighted by Crippen LogP contribution is -2.41. The van der Waals surface area contributed by atoms with Gasteiger partial charge < -0.3 is 5.32 Å². The van der Waals surface area contributed by atoms with Crippen LogP contribution in [0.4, 0.5) is 0 Å². The van der Waals surface area contributed by atoms with Crippen molar-refractivity contribution in [3.8, 4) is 0 Å². The molecule has 5 heteroatoms. The van der Waals surface area contributed by atoms with Gasteiger partial charge in [-0.1, -0.05) is 12.5 Å². The van der Waals surface area contributed by atoms with Crippen LogP contribution in [0.1, 0.15) is 37.8 Å². The standard InChI is InChI=1S/C13H20N2O2S/c1-10(11-5-4-8-14-9-11)15-12-6-3-7-13(12)18(2,16)17/h4-5,8-10,12-13,15H,3,6-7H2,1-2H3. The van der Waals surface area contributed by atoms with Crippen LogP contribution in [-0.2, 0) is 9.84 Å². The van der Waals surface area contributed by atoms with Gasteiger partial charge in [0.2, 0.25) is 0 Å². The first kappa shape index (κ1) is 13.5. The van der Waals surface area contributed by atoms with E-state index in [-0.39, 0.29) is 17.3 Å². The van der Waals surface area contributed by atoms with Crippen molar-refractivity contribution in [2.45, 2.75) is 43.5 Å². The van der Waals surface area contributed by atoms with Crippen LogP contribution in [0.25, 0.3) is 0 Å². The summed E-state index contributed by atoms with van der Waals surface area (Å²) >= 11 is 0. The summed E-state index contributed by atoms with van der Waals surface area (Å²) in [6.45, 7) is 2.05. The van der Waals surface area contributed by atoms with E-state index in [1.165, 1.54) is 6.26 Å². The van der Waals surface area contributed by atoms with Crippen LogP contribution in [0.3, 0.4) is 0 Å². The second-order valence-electron chi connectivity index (χ2n) is 5.08. The Morgan fingerprint density at radius 1 is 1.44 bits per heavy atom. The van der Waals surface area contributed by atoms with Gasteiger partial charge >= 0.3 is 0 Å². The lowest BCUT2D eigenvalue weighted by Gasteiger charge is -2.24. The minimum Gasteiger partial charge on any atom is -0.306 e. The molecular weight excluding hydrogens is 248 g/mol. The minimum atomic E-state index is -2.96. The van der Waals surface area contributed by atoms with Crippen LogP contribution in [0, 0.1) is 0 Å². The molecule has 1 fully saturated rings.